The third-order valence-corrected chi connectivity index (χ3v) is 8.53. The molecule has 0 spiro atoms. The smallest absolute Gasteiger partial charge is 0.251 e. The Bertz CT molecular complexity index is 758. The fraction of sp³-hybridized carbons (Fsp3) is 0.724. The van der Waals surface area contributed by atoms with Gasteiger partial charge in [-0.05, 0) is 74.1 Å². The molecular weight excluding hydrogens is 456 g/mol. The van der Waals surface area contributed by atoms with Crippen molar-refractivity contribution in [2.24, 2.45) is 11.3 Å². The minimum atomic E-state index is -0.437. The molecule has 0 bridgehead atoms. The quantitative estimate of drug-likeness (QED) is 0.171. The van der Waals surface area contributed by atoms with Crippen LogP contribution >= 0.6 is 11.9 Å². The Morgan fingerprint density at radius 1 is 1.09 bits per heavy atom. The number of rotatable bonds is 17. The molecule has 2 rings (SSSR count). The molecule has 1 aliphatic rings. The summed E-state index contributed by atoms with van der Waals surface area (Å²) in [5, 5.41) is 3.12. The minimum Gasteiger partial charge on any atom is -0.381 e. The van der Waals surface area contributed by atoms with Crippen LogP contribution < -0.4 is 10.0 Å². The molecule has 2 N–H and O–H groups in total. The Kier molecular flexibility index (Phi) is 13.2. The molecule has 0 unspecified atom stereocenters. The van der Waals surface area contributed by atoms with Crippen LogP contribution in [0.4, 0.5) is 5.69 Å². The topological polar surface area (TPSA) is 67.4 Å². The molecule has 1 aromatic carbocycles. The summed E-state index contributed by atoms with van der Waals surface area (Å²) in [4.78, 5) is 26.6. The monoisotopic (exact) mass is 504 g/mol. The molecule has 198 valence electrons. The van der Waals surface area contributed by atoms with Crippen molar-refractivity contribution in [1.29, 1.82) is 0 Å². The molecule has 1 aliphatic carbocycles. The molecule has 1 saturated carbocycles. The lowest BCUT2D eigenvalue weighted by molar-refractivity contribution is -0.122. The molecule has 3 atom stereocenters. The summed E-state index contributed by atoms with van der Waals surface area (Å²) in [5.41, 5.74) is 1.71. The van der Waals surface area contributed by atoms with Crippen LogP contribution in [0.5, 0.6) is 0 Å². The summed E-state index contributed by atoms with van der Waals surface area (Å²) in [6.07, 6.45) is 11.2. The molecule has 0 saturated heterocycles. The fourth-order valence-electron chi connectivity index (χ4n) is 5.30. The second kappa shape index (κ2) is 15.6. The average molecular weight is 505 g/mol. The Balaban J connectivity index is 2.03. The molecule has 0 radical (unpaired) electrons. The van der Waals surface area contributed by atoms with E-state index < -0.39 is 6.04 Å². The molecule has 0 aliphatic heterocycles. The van der Waals surface area contributed by atoms with E-state index in [1.54, 1.807) is 19.1 Å². The van der Waals surface area contributed by atoms with Crippen LogP contribution in [0.3, 0.4) is 0 Å². The van der Waals surface area contributed by atoms with Crippen LogP contribution in [-0.2, 0) is 9.53 Å². The van der Waals surface area contributed by atoms with Gasteiger partial charge in [-0.2, -0.15) is 0 Å². The van der Waals surface area contributed by atoms with Gasteiger partial charge in [0.1, 0.15) is 0 Å². The number of unbranched alkanes of at least 4 members (excludes halogenated alkanes) is 1. The third-order valence-electron chi connectivity index (χ3n) is 7.66. The number of ether oxygens (including phenoxy) is 1. The summed E-state index contributed by atoms with van der Waals surface area (Å²) in [7, 11) is 1.76. The zero-order valence-electron chi connectivity index (χ0n) is 22.7. The highest BCUT2D eigenvalue weighted by Crippen LogP contribution is 2.41. The van der Waals surface area contributed by atoms with Gasteiger partial charge in [-0.1, -0.05) is 65.3 Å². The number of carbonyl (C=O) groups excluding carboxylic acids is 2. The van der Waals surface area contributed by atoms with Gasteiger partial charge >= 0.3 is 0 Å². The molecule has 1 fully saturated rings. The normalized spacial score (nSPS) is 17.5. The van der Waals surface area contributed by atoms with E-state index in [9.17, 15) is 9.59 Å². The fourth-order valence-corrected chi connectivity index (χ4v) is 6.14. The van der Waals surface area contributed by atoms with Crippen LogP contribution in [0.15, 0.2) is 24.3 Å². The molecule has 1 aromatic rings. The van der Waals surface area contributed by atoms with Crippen molar-refractivity contribution in [3.05, 3.63) is 29.8 Å². The van der Waals surface area contributed by atoms with Gasteiger partial charge in [0.2, 0.25) is 0 Å². The molecular formula is C29H48N2O3S. The lowest BCUT2D eigenvalue weighted by atomic mass is 9.80. The second-order valence-electron chi connectivity index (χ2n) is 10.5. The number of anilines is 1. The number of ketones is 1. The van der Waals surface area contributed by atoms with E-state index >= 15 is 0 Å². The summed E-state index contributed by atoms with van der Waals surface area (Å²) < 4.78 is 8.98. The largest absolute Gasteiger partial charge is 0.381 e. The van der Waals surface area contributed by atoms with Crippen molar-refractivity contribution in [2.75, 3.05) is 17.6 Å². The minimum absolute atomic E-state index is 0.125. The van der Waals surface area contributed by atoms with Crippen molar-refractivity contribution in [1.82, 2.24) is 5.32 Å². The number of Topliss-reactive ketones (excluding diaryl/α,β-unsaturated/α-hetero) is 1. The van der Waals surface area contributed by atoms with Crippen molar-refractivity contribution in [2.45, 2.75) is 110 Å². The number of amides is 1. The number of benzene rings is 1. The maximum atomic E-state index is 13.4. The van der Waals surface area contributed by atoms with Crippen molar-refractivity contribution in [3.8, 4) is 0 Å². The van der Waals surface area contributed by atoms with Gasteiger partial charge in [0, 0.05) is 30.5 Å². The zero-order chi connectivity index (χ0) is 25.7. The number of methoxy groups -OCH3 is 1. The average Bonchev–Trinajstić information content (AvgIpc) is 3.30. The maximum absolute atomic E-state index is 13.4. The van der Waals surface area contributed by atoms with Gasteiger partial charge < -0.3 is 14.8 Å². The summed E-state index contributed by atoms with van der Waals surface area (Å²) in [5.74, 6) is 1.42. The first-order valence-corrected chi connectivity index (χ1v) is 14.7. The number of hydrogen-bond acceptors (Lipinski definition) is 5. The number of nitrogens with one attached hydrogen (secondary N) is 2. The molecule has 35 heavy (non-hydrogen) atoms. The lowest BCUT2D eigenvalue weighted by Gasteiger charge is -2.30. The van der Waals surface area contributed by atoms with E-state index in [2.05, 4.69) is 37.7 Å². The highest BCUT2D eigenvalue weighted by Gasteiger charge is 2.35. The van der Waals surface area contributed by atoms with Crippen LogP contribution in [0, 0.1) is 11.3 Å². The summed E-state index contributed by atoms with van der Waals surface area (Å²) >= 11 is 1.69. The van der Waals surface area contributed by atoms with E-state index in [4.69, 9.17) is 4.74 Å². The van der Waals surface area contributed by atoms with Crippen LogP contribution in [0.1, 0.15) is 109 Å². The highest BCUT2D eigenvalue weighted by atomic mass is 32.2. The molecule has 1 amide bonds. The van der Waals surface area contributed by atoms with Gasteiger partial charge in [-0.15, -0.1) is 0 Å². The number of carbonyl (C=O) groups is 2. The van der Waals surface area contributed by atoms with Crippen LogP contribution in [0.2, 0.25) is 0 Å². The summed E-state index contributed by atoms with van der Waals surface area (Å²) in [6.45, 7) is 8.75. The van der Waals surface area contributed by atoms with E-state index in [0.29, 0.717) is 17.9 Å². The summed E-state index contributed by atoms with van der Waals surface area (Å²) in [6, 6.07) is 7.12. The zero-order valence-corrected chi connectivity index (χ0v) is 23.5. The Hall–Kier alpha value is -1.53. The van der Waals surface area contributed by atoms with Gasteiger partial charge in [0.05, 0.1) is 12.1 Å². The SMILES string of the molecule is CCCCSNc1ccc(C(=O)N[C@@H](CC2(C)CCCC2)C(=O)CC[C@H](CC)[C@H](CC)OC)cc1. The van der Waals surface area contributed by atoms with Crippen LogP contribution in [-0.4, -0.2) is 36.7 Å². The maximum Gasteiger partial charge on any atom is 0.251 e. The van der Waals surface area contributed by atoms with Gasteiger partial charge in [0.15, 0.2) is 5.78 Å². The van der Waals surface area contributed by atoms with E-state index in [0.717, 1.165) is 50.0 Å². The van der Waals surface area contributed by atoms with E-state index in [1.807, 2.05) is 24.3 Å². The van der Waals surface area contributed by atoms with Gasteiger partial charge in [-0.3, -0.25) is 9.59 Å². The first-order chi connectivity index (χ1) is 16.9. The molecule has 0 heterocycles. The Morgan fingerprint density at radius 3 is 2.34 bits per heavy atom. The molecule has 6 heteroatoms. The van der Waals surface area contributed by atoms with Gasteiger partial charge in [-0.25, -0.2) is 0 Å². The standard InChI is InChI=1S/C29H48N2O3S/c1-6-9-20-35-31-24-15-12-23(13-16-24)28(33)30-25(21-29(4)18-10-11-19-29)26(32)17-14-22(7-2)27(8-3)34-5/h12-13,15-16,22,25,27,31H,6-11,14,17-21H2,1-5H3,(H,30,33)/t22-,25-,27-/m0/s1. The molecule has 5 nitrogen and oxygen atoms in total. The third kappa shape index (κ3) is 9.80. The van der Waals surface area contributed by atoms with Gasteiger partial charge in [0.25, 0.3) is 5.91 Å². The van der Waals surface area contributed by atoms with Crippen molar-refractivity contribution >= 4 is 29.3 Å². The highest BCUT2D eigenvalue weighted by molar-refractivity contribution is 8.00. The first kappa shape index (κ1) is 29.7. The van der Waals surface area contributed by atoms with E-state index in [1.165, 1.54) is 25.7 Å². The first-order valence-electron chi connectivity index (χ1n) is 13.7. The second-order valence-corrected chi connectivity index (χ2v) is 11.4. The Morgan fingerprint density at radius 2 is 1.77 bits per heavy atom. The Labute approximate surface area is 218 Å². The van der Waals surface area contributed by atoms with Crippen molar-refractivity contribution in [3.63, 3.8) is 0 Å². The predicted octanol–water partition coefficient (Wildman–Crippen LogP) is 7.42. The van der Waals surface area contributed by atoms with E-state index in [-0.39, 0.29) is 23.2 Å². The molecule has 0 aromatic heterocycles. The number of hydrogen-bond donors (Lipinski definition) is 2. The van der Waals surface area contributed by atoms with Crippen molar-refractivity contribution < 1.29 is 14.3 Å². The predicted molar refractivity (Wildman–Crippen MR) is 149 cm³/mol. The lowest BCUT2D eigenvalue weighted by Crippen LogP contribution is -2.44. The van der Waals surface area contributed by atoms with Crippen LogP contribution in [0.25, 0.3) is 0 Å².